The third-order valence-electron chi connectivity index (χ3n) is 5.70. The van der Waals surface area contributed by atoms with Gasteiger partial charge in [0, 0.05) is 9.90 Å². The second-order valence-corrected chi connectivity index (χ2v) is 10.9. The summed E-state index contributed by atoms with van der Waals surface area (Å²) in [5.41, 5.74) is 6.16. The lowest BCUT2D eigenvalue weighted by Crippen LogP contribution is -2.42. The van der Waals surface area contributed by atoms with Crippen molar-refractivity contribution in [2.75, 3.05) is 5.32 Å². The molecule has 0 fully saturated rings. The molecule has 1 aliphatic rings. The third-order valence-corrected chi connectivity index (χ3v) is 7.12. The van der Waals surface area contributed by atoms with Crippen LogP contribution in [-0.2, 0) is 17.6 Å². The maximum Gasteiger partial charge on any atom is 0.268 e. The lowest BCUT2D eigenvalue weighted by atomic mass is 9.72. The van der Waals surface area contributed by atoms with E-state index < -0.39 is 11.5 Å². The first-order valence-corrected chi connectivity index (χ1v) is 11.3. The first-order valence-electron chi connectivity index (χ1n) is 10.1. The molecule has 162 valence electrons. The Balaban J connectivity index is 1.83. The quantitative estimate of drug-likeness (QED) is 0.638. The monoisotopic (exact) mass is 448 g/mol. The van der Waals surface area contributed by atoms with Crippen molar-refractivity contribution in [2.24, 2.45) is 17.1 Å². The average Bonchev–Trinajstić information content (AvgIpc) is 2.99. The van der Waals surface area contributed by atoms with Crippen molar-refractivity contribution in [3.8, 4) is 5.75 Å². The Hall–Kier alpha value is -2.05. The topological polar surface area (TPSA) is 81.4 Å². The number of nitrogens with one attached hydrogen (secondary N) is 1. The largest absolute Gasteiger partial charge is 0.478 e. The summed E-state index contributed by atoms with van der Waals surface area (Å²) in [6, 6.07) is 6.83. The zero-order valence-corrected chi connectivity index (χ0v) is 19.7. The van der Waals surface area contributed by atoms with E-state index in [2.05, 4.69) is 26.1 Å². The van der Waals surface area contributed by atoms with Gasteiger partial charge in [0.1, 0.15) is 10.8 Å². The lowest BCUT2D eigenvalue weighted by molar-refractivity contribution is -0.128. The van der Waals surface area contributed by atoms with Crippen LogP contribution in [0, 0.1) is 11.3 Å². The molecule has 0 bridgehead atoms. The van der Waals surface area contributed by atoms with Crippen molar-refractivity contribution in [3.63, 3.8) is 0 Å². The standard InChI is InChI=1S/C23H29ClN2O3S/c1-22(2,3)13-6-11-16-17(12-13)30-20(18(16)19(25)27)26-21(28)23(4,5)29-15-9-7-14(24)8-10-15/h7-10,13H,6,11-12H2,1-5H3,(H2,25,27)(H,26,28)/t13-/m0/s1. The summed E-state index contributed by atoms with van der Waals surface area (Å²) in [6.07, 6.45) is 2.70. The predicted molar refractivity (Wildman–Crippen MR) is 123 cm³/mol. The van der Waals surface area contributed by atoms with Gasteiger partial charge in [-0.3, -0.25) is 9.59 Å². The molecule has 3 N–H and O–H groups in total. The van der Waals surface area contributed by atoms with E-state index in [1.54, 1.807) is 38.1 Å². The zero-order valence-electron chi connectivity index (χ0n) is 18.1. The molecule has 0 saturated carbocycles. The fourth-order valence-corrected chi connectivity index (χ4v) is 5.22. The van der Waals surface area contributed by atoms with E-state index in [9.17, 15) is 9.59 Å². The number of rotatable bonds is 5. The fraction of sp³-hybridized carbons (Fsp3) is 0.478. The number of amides is 2. The summed E-state index contributed by atoms with van der Waals surface area (Å²) in [5.74, 6) is 0.213. The number of halogens is 1. The Labute approximate surface area is 186 Å². The van der Waals surface area contributed by atoms with Crippen LogP contribution < -0.4 is 15.8 Å². The second-order valence-electron chi connectivity index (χ2n) is 9.40. The third kappa shape index (κ3) is 4.81. The van der Waals surface area contributed by atoms with Crippen LogP contribution >= 0.6 is 22.9 Å². The van der Waals surface area contributed by atoms with E-state index in [4.69, 9.17) is 22.1 Å². The number of primary amides is 1. The number of hydrogen-bond donors (Lipinski definition) is 2. The van der Waals surface area contributed by atoms with Gasteiger partial charge in [0.25, 0.3) is 11.8 Å². The fourth-order valence-electron chi connectivity index (χ4n) is 3.77. The number of carbonyl (C=O) groups excluding carboxylic acids is 2. The molecular formula is C23H29ClN2O3S. The minimum Gasteiger partial charge on any atom is -0.478 e. The molecule has 0 aliphatic heterocycles. The molecule has 7 heteroatoms. The molecule has 2 aromatic rings. The number of carbonyl (C=O) groups is 2. The number of fused-ring (bicyclic) bond motifs is 1. The smallest absolute Gasteiger partial charge is 0.268 e. The zero-order chi connectivity index (χ0) is 22.3. The maximum absolute atomic E-state index is 13.0. The van der Waals surface area contributed by atoms with Crippen LogP contribution in [0.25, 0.3) is 0 Å². The highest BCUT2D eigenvalue weighted by Crippen LogP contribution is 2.44. The number of benzene rings is 1. The molecular weight excluding hydrogens is 420 g/mol. The van der Waals surface area contributed by atoms with Crippen molar-refractivity contribution in [1.29, 1.82) is 0 Å². The van der Waals surface area contributed by atoms with Gasteiger partial charge in [0.05, 0.1) is 5.56 Å². The number of ether oxygens (including phenoxy) is 1. The van der Waals surface area contributed by atoms with E-state index in [0.29, 0.717) is 27.3 Å². The van der Waals surface area contributed by atoms with Crippen LogP contribution in [0.5, 0.6) is 5.75 Å². The number of anilines is 1. The van der Waals surface area contributed by atoms with Crippen LogP contribution in [0.15, 0.2) is 24.3 Å². The molecule has 1 aromatic carbocycles. The minimum atomic E-state index is -1.15. The molecule has 0 unspecified atom stereocenters. The van der Waals surface area contributed by atoms with Crippen molar-refractivity contribution in [3.05, 3.63) is 45.3 Å². The molecule has 2 amide bonds. The molecule has 30 heavy (non-hydrogen) atoms. The molecule has 1 aliphatic carbocycles. The summed E-state index contributed by atoms with van der Waals surface area (Å²) in [4.78, 5) is 26.4. The highest BCUT2D eigenvalue weighted by molar-refractivity contribution is 7.17. The predicted octanol–water partition coefficient (Wildman–Crippen LogP) is 5.45. The molecule has 1 atom stereocenters. The highest BCUT2D eigenvalue weighted by Gasteiger charge is 2.36. The molecule has 0 radical (unpaired) electrons. The highest BCUT2D eigenvalue weighted by atomic mass is 35.5. The Morgan fingerprint density at radius 2 is 1.80 bits per heavy atom. The van der Waals surface area contributed by atoms with E-state index in [1.165, 1.54) is 11.3 Å². The van der Waals surface area contributed by atoms with Crippen molar-refractivity contribution < 1.29 is 14.3 Å². The number of hydrogen-bond acceptors (Lipinski definition) is 4. The first kappa shape index (κ1) is 22.6. The molecule has 0 spiro atoms. The van der Waals surface area contributed by atoms with Gasteiger partial charge in [-0.25, -0.2) is 0 Å². The average molecular weight is 449 g/mol. The summed E-state index contributed by atoms with van der Waals surface area (Å²) in [6.45, 7) is 10.1. The van der Waals surface area contributed by atoms with Crippen LogP contribution in [0.1, 0.15) is 61.8 Å². The van der Waals surface area contributed by atoms with Gasteiger partial charge in [-0.2, -0.15) is 0 Å². The van der Waals surface area contributed by atoms with Gasteiger partial charge in [0.15, 0.2) is 5.60 Å². The van der Waals surface area contributed by atoms with E-state index in [0.717, 1.165) is 29.7 Å². The van der Waals surface area contributed by atoms with Crippen LogP contribution in [-0.4, -0.2) is 17.4 Å². The van der Waals surface area contributed by atoms with Crippen molar-refractivity contribution in [2.45, 2.75) is 59.5 Å². The minimum absolute atomic E-state index is 0.187. The Bertz CT molecular complexity index is 958. The van der Waals surface area contributed by atoms with Crippen molar-refractivity contribution in [1.82, 2.24) is 0 Å². The Morgan fingerprint density at radius 3 is 2.37 bits per heavy atom. The Morgan fingerprint density at radius 1 is 1.17 bits per heavy atom. The Kier molecular flexibility index (Phi) is 6.21. The van der Waals surface area contributed by atoms with Gasteiger partial charge < -0.3 is 15.8 Å². The van der Waals surface area contributed by atoms with E-state index in [1.807, 2.05) is 0 Å². The lowest BCUT2D eigenvalue weighted by Gasteiger charge is -2.33. The van der Waals surface area contributed by atoms with Crippen molar-refractivity contribution >= 4 is 39.8 Å². The normalized spacial score (nSPS) is 16.7. The summed E-state index contributed by atoms with van der Waals surface area (Å²) < 4.78 is 5.87. The van der Waals surface area contributed by atoms with Gasteiger partial charge in [-0.1, -0.05) is 32.4 Å². The number of nitrogens with two attached hydrogens (primary N) is 1. The molecule has 3 rings (SSSR count). The number of thiophene rings is 1. The second kappa shape index (κ2) is 8.23. The SMILES string of the molecule is CC(C)(Oc1ccc(Cl)cc1)C(=O)Nc1sc2c(c1C(N)=O)CC[C@H](C(C)(C)C)C2. The van der Waals surface area contributed by atoms with Crippen LogP contribution in [0.2, 0.25) is 5.02 Å². The van der Waals surface area contributed by atoms with Gasteiger partial charge in [0.2, 0.25) is 0 Å². The summed E-state index contributed by atoms with van der Waals surface area (Å²) in [5, 5.41) is 4.01. The molecule has 0 saturated heterocycles. The molecule has 1 heterocycles. The van der Waals surface area contributed by atoms with Crippen LogP contribution in [0.4, 0.5) is 5.00 Å². The van der Waals surface area contributed by atoms with Gasteiger partial charge in [-0.15, -0.1) is 11.3 Å². The molecule has 5 nitrogen and oxygen atoms in total. The van der Waals surface area contributed by atoms with Gasteiger partial charge >= 0.3 is 0 Å². The van der Waals surface area contributed by atoms with Gasteiger partial charge in [-0.05, 0) is 74.3 Å². The summed E-state index contributed by atoms with van der Waals surface area (Å²) in [7, 11) is 0. The van der Waals surface area contributed by atoms with Crippen LogP contribution in [0.3, 0.4) is 0 Å². The van der Waals surface area contributed by atoms with E-state index >= 15 is 0 Å². The molecule has 1 aromatic heterocycles. The maximum atomic E-state index is 13.0. The summed E-state index contributed by atoms with van der Waals surface area (Å²) >= 11 is 7.37. The van der Waals surface area contributed by atoms with E-state index in [-0.39, 0.29) is 11.3 Å². The first-order chi connectivity index (χ1) is 13.9.